The topological polar surface area (TPSA) is 66.2 Å². The number of aldehydes is 1. The number of aromatic nitrogens is 3. The Morgan fingerprint density at radius 3 is 2.70 bits per heavy atom. The van der Waals surface area contributed by atoms with Gasteiger partial charge in [0.05, 0.1) is 7.11 Å². The molecule has 0 aliphatic heterocycles. The summed E-state index contributed by atoms with van der Waals surface area (Å²) in [6.07, 6.45) is 1.60. The van der Waals surface area contributed by atoms with Gasteiger partial charge in [0.15, 0.2) is 23.5 Å². The van der Waals surface area contributed by atoms with E-state index in [0.717, 1.165) is 6.42 Å². The molecule has 1 heterocycles. The molecule has 0 radical (unpaired) electrons. The number of aryl methyl sites for hydroxylation is 1. The van der Waals surface area contributed by atoms with Crippen molar-refractivity contribution in [3.63, 3.8) is 0 Å². The molecular weight excluding hydrogens is 258 g/mol. The summed E-state index contributed by atoms with van der Waals surface area (Å²) in [5, 5.41) is 7.80. The molecule has 0 bridgehead atoms. The molecule has 0 atom stereocenters. The molecule has 0 unspecified atom stereocenters. The number of carbonyl (C=O) groups excluding carboxylic acids is 1. The van der Waals surface area contributed by atoms with Gasteiger partial charge in [-0.25, -0.2) is 4.68 Å². The highest BCUT2D eigenvalue weighted by Crippen LogP contribution is 2.26. The molecule has 0 saturated carbocycles. The lowest BCUT2D eigenvalue weighted by Gasteiger charge is -2.11. The summed E-state index contributed by atoms with van der Waals surface area (Å²) in [5.74, 6) is 1.27. The SMILES string of the molecule is CCCn1nnc(C=O)c1COc1ccccc1OC. The van der Waals surface area contributed by atoms with Crippen molar-refractivity contribution < 1.29 is 14.3 Å². The fourth-order valence-electron chi connectivity index (χ4n) is 1.86. The van der Waals surface area contributed by atoms with E-state index in [2.05, 4.69) is 10.3 Å². The van der Waals surface area contributed by atoms with Crippen LogP contribution in [0.2, 0.25) is 0 Å². The Hall–Kier alpha value is -2.37. The van der Waals surface area contributed by atoms with E-state index in [9.17, 15) is 4.79 Å². The Balaban J connectivity index is 2.17. The van der Waals surface area contributed by atoms with Crippen LogP contribution in [0.15, 0.2) is 24.3 Å². The van der Waals surface area contributed by atoms with Gasteiger partial charge in [-0.3, -0.25) is 4.79 Å². The Morgan fingerprint density at radius 2 is 2.05 bits per heavy atom. The predicted molar refractivity (Wildman–Crippen MR) is 73.0 cm³/mol. The minimum absolute atomic E-state index is 0.224. The zero-order valence-electron chi connectivity index (χ0n) is 11.6. The Morgan fingerprint density at radius 1 is 1.30 bits per heavy atom. The van der Waals surface area contributed by atoms with Crippen molar-refractivity contribution in [2.45, 2.75) is 26.5 Å². The zero-order chi connectivity index (χ0) is 14.4. The average Bonchev–Trinajstić information content (AvgIpc) is 2.88. The molecule has 106 valence electrons. The summed E-state index contributed by atoms with van der Waals surface area (Å²) in [6.45, 7) is 2.96. The standard InChI is InChI=1S/C14H17N3O3/c1-3-8-17-12(11(9-18)15-16-17)10-20-14-7-5-4-6-13(14)19-2/h4-7,9H,3,8,10H2,1-2H3. The average molecular weight is 275 g/mol. The molecule has 0 N–H and O–H groups in total. The van der Waals surface area contributed by atoms with E-state index < -0.39 is 0 Å². The van der Waals surface area contributed by atoms with Gasteiger partial charge in [-0.1, -0.05) is 24.3 Å². The summed E-state index contributed by atoms with van der Waals surface area (Å²) < 4.78 is 12.6. The first kappa shape index (κ1) is 14.0. The van der Waals surface area contributed by atoms with Crippen molar-refractivity contribution >= 4 is 6.29 Å². The van der Waals surface area contributed by atoms with E-state index in [1.807, 2.05) is 31.2 Å². The van der Waals surface area contributed by atoms with Crippen LogP contribution in [0.5, 0.6) is 11.5 Å². The number of carbonyl (C=O) groups is 1. The van der Waals surface area contributed by atoms with Crippen LogP contribution in [-0.2, 0) is 13.2 Å². The number of methoxy groups -OCH3 is 1. The third kappa shape index (κ3) is 2.96. The zero-order valence-corrected chi connectivity index (χ0v) is 11.6. The van der Waals surface area contributed by atoms with Gasteiger partial charge in [-0.2, -0.15) is 0 Å². The van der Waals surface area contributed by atoms with Crippen LogP contribution >= 0.6 is 0 Å². The monoisotopic (exact) mass is 275 g/mol. The number of benzene rings is 1. The van der Waals surface area contributed by atoms with Crippen LogP contribution in [0.1, 0.15) is 29.5 Å². The molecule has 0 aliphatic rings. The molecule has 1 aromatic carbocycles. The molecule has 0 fully saturated rings. The minimum atomic E-state index is 0.224. The molecule has 6 nitrogen and oxygen atoms in total. The van der Waals surface area contributed by atoms with E-state index >= 15 is 0 Å². The number of hydrogen-bond acceptors (Lipinski definition) is 5. The molecule has 2 rings (SSSR count). The van der Waals surface area contributed by atoms with E-state index in [4.69, 9.17) is 9.47 Å². The maximum absolute atomic E-state index is 11.0. The lowest BCUT2D eigenvalue weighted by molar-refractivity contribution is 0.111. The number of hydrogen-bond donors (Lipinski definition) is 0. The molecule has 20 heavy (non-hydrogen) atoms. The fraction of sp³-hybridized carbons (Fsp3) is 0.357. The van der Waals surface area contributed by atoms with Crippen LogP contribution in [0.25, 0.3) is 0 Å². The number of nitrogens with zero attached hydrogens (tertiary/aromatic N) is 3. The van der Waals surface area contributed by atoms with Gasteiger partial charge in [0, 0.05) is 6.54 Å². The highest BCUT2D eigenvalue weighted by atomic mass is 16.5. The predicted octanol–water partition coefficient (Wildman–Crippen LogP) is 2.09. The lowest BCUT2D eigenvalue weighted by atomic mass is 10.3. The maximum Gasteiger partial charge on any atom is 0.172 e. The highest BCUT2D eigenvalue weighted by Gasteiger charge is 2.13. The molecular formula is C14H17N3O3. The van der Waals surface area contributed by atoms with Gasteiger partial charge in [0.2, 0.25) is 0 Å². The third-order valence-electron chi connectivity index (χ3n) is 2.85. The summed E-state index contributed by atoms with van der Waals surface area (Å²) >= 11 is 0. The Kier molecular flexibility index (Phi) is 4.70. The molecule has 1 aromatic heterocycles. The van der Waals surface area contributed by atoms with Gasteiger partial charge < -0.3 is 9.47 Å². The summed E-state index contributed by atoms with van der Waals surface area (Å²) in [4.78, 5) is 11.0. The third-order valence-corrected chi connectivity index (χ3v) is 2.85. The molecule has 0 saturated heterocycles. The first-order valence-corrected chi connectivity index (χ1v) is 6.43. The number of ether oxygens (including phenoxy) is 2. The largest absolute Gasteiger partial charge is 0.493 e. The first-order valence-electron chi connectivity index (χ1n) is 6.43. The van der Waals surface area contributed by atoms with E-state index in [0.29, 0.717) is 35.7 Å². The second-order valence-corrected chi connectivity index (χ2v) is 4.20. The molecule has 0 spiro atoms. The second kappa shape index (κ2) is 6.70. The first-order chi connectivity index (χ1) is 9.80. The number of para-hydroxylation sites is 2. The lowest BCUT2D eigenvalue weighted by Crippen LogP contribution is -2.09. The van der Waals surface area contributed by atoms with Crippen molar-refractivity contribution in [1.29, 1.82) is 0 Å². The van der Waals surface area contributed by atoms with Gasteiger partial charge in [-0.15, -0.1) is 5.10 Å². The maximum atomic E-state index is 11.0. The quantitative estimate of drug-likeness (QED) is 0.724. The molecule has 2 aromatic rings. The summed E-state index contributed by atoms with van der Waals surface area (Å²) in [7, 11) is 1.59. The summed E-state index contributed by atoms with van der Waals surface area (Å²) in [6, 6.07) is 7.36. The van der Waals surface area contributed by atoms with Crippen LogP contribution in [0.4, 0.5) is 0 Å². The fourth-order valence-corrected chi connectivity index (χ4v) is 1.86. The van der Waals surface area contributed by atoms with Crippen molar-refractivity contribution in [2.24, 2.45) is 0 Å². The molecule has 0 amide bonds. The Bertz CT molecular complexity index is 581. The number of rotatable bonds is 7. The van der Waals surface area contributed by atoms with Crippen molar-refractivity contribution in [3.8, 4) is 11.5 Å². The second-order valence-electron chi connectivity index (χ2n) is 4.20. The molecule has 6 heteroatoms. The van der Waals surface area contributed by atoms with Crippen LogP contribution in [0.3, 0.4) is 0 Å². The van der Waals surface area contributed by atoms with E-state index in [1.165, 1.54) is 0 Å². The van der Waals surface area contributed by atoms with Gasteiger partial charge in [0.25, 0.3) is 0 Å². The van der Waals surface area contributed by atoms with Crippen molar-refractivity contribution in [3.05, 3.63) is 35.7 Å². The minimum Gasteiger partial charge on any atom is -0.493 e. The molecule has 0 aliphatic carbocycles. The van der Waals surface area contributed by atoms with Crippen LogP contribution in [0, 0.1) is 0 Å². The normalized spacial score (nSPS) is 10.3. The summed E-state index contributed by atoms with van der Waals surface area (Å²) in [5.41, 5.74) is 0.987. The van der Waals surface area contributed by atoms with Gasteiger partial charge in [0.1, 0.15) is 12.3 Å². The van der Waals surface area contributed by atoms with Crippen molar-refractivity contribution in [2.75, 3.05) is 7.11 Å². The van der Waals surface area contributed by atoms with Gasteiger partial charge in [-0.05, 0) is 18.6 Å². The van der Waals surface area contributed by atoms with Crippen LogP contribution in [-0.4, -0.2) is 28.4 Å². The highest BCUT2D eigenvalue weighted by molar-refractivity contribution is 5.73. The van der Waals surface area contributed by atoms with Crippen molar-refractivity contribution in [1.82, 2.24) is 15.0 Å². The smallest absolute Gasteiger partial charge is 0.172 e. The van der Waals surface area contributed by atoms with E-state index in [-0.39, 0.29) is 6.61 Å². The van der Waals surface area contributed by atoms with Gasteiger partial charge >= 0.3 is 0 Å². The van der Waals surface area contributed by atoms with Crippen LogP contribution < -0.4 is 9.47 Å². The van der Waals surface area contributed by atoms with E-state index in [1.54, 1.807) is 11.8 Å². The Labute approximate surface area is 117 Å².